The van der Waals surface area contributed by atoms with Crippen molar-refractivity contribution in [2.75, 3.05) is 18.1 Å². The van der Waals surface area contributed by atoms with Crippen LogP contribution in [-0.4, -0.2) is 30.3 Å². The van der Waals surface area contributed by atoms with Crippen molar-refractivity contribution in [3.63, 3.8) is 0 Å². The van der Waals surface area contributed by atoms with Gasteiger partial charge in [0.2, 0.25) is 0 Å². The normalized spacial score (nSPS) is 15.6. The second-order valence-electron chi connectivity index (χ2n) is 9.51. The highest BCUT2D eigenvalue weighted by atomic mass is 19.1. The van der Waals surface area contributed by atoms with Gasteiger partial charge in [0.25, 0.3) is 0 Å². The van der Waals surface area contributed by atoms with E-state index in [0.717, 1.165) is 24.9 Å². The maximum Gasteiger partial charge on any atom is 0.341 e. The standard InChI is InChI=1S/C31H30FNO4/c1-21(25-13-7-10-22-9-2-3-12-26(22)25)8-6-11-24-19-33(28-14-4-5-15-30(28)37-24)29-18-23(16-17-27(29)32)36-20-31(34)35/h2-5,7,9-10,12-18,21,24H,6,8,11,19-20H2,1H3,(H,34,35)/t21-,24?/m0/s1. The molecule has 4 aromatic rings. The van der Waals surface area contributed by atoms with Crippen LogP contribution in [0.2, 0.25) is 0 Å². The molecular formula is C31H30FNO4. The molecular weight excluding hydrogens is 469 g/mol. The lowest BCUT2D eigenvalue weighted by atomic mass is 9.90. The fourth-order valence-electron chi connectivity index (χ4n) is 5.10. The van der Waals surface area contributed by atoms with E-state index >= 15 is 0 Å². The van der Waals surface area contributed by atoms with Gasteiger partial charge in [0, 0.05) is 6.07 Å². The molecule has 4 aromatic carbocycles. The van der Waals surface area contributed by atoms with Crippen LogP contribution in [0.4, 0.5) is 15.8 Å². The van der Waals surface area contributed by atoms with Crippen LogP contribution in [0.25, 0.3) is 10.8 Å². The summed E-state index contributed by atoms with van der Waals surface area (Å²) < 4.78 is 26.6. The molecule has 190 valence electrons. The maximum atomic E-state index is 15.0. The molecule has 2 atom stereocenters. The van der Waals surface area contributed by atoms with Gasteiger partial charge in [0.05, 0.1) is 17.9 Å². The summed E-state index contributed by atoms with van der Waals surface area (Å²) in [4.78, 5) is 12.8. The molecule has 0 amide bonds. The molecule has 5 nitrogen and oxygen atoms in total. The Morgan fingerprint density at radius 2 is 1.84 bits per heavy atom. The van der Waals surface area contributed by atoms with Crippen molar-refractivity contribution in [3.05, 3.63) is 96.3 Å². The highest BCUT2D eigenvalue weighted by molar-refractivity contribution is 5.86. The molecule has 0 bridgehead atoms. The monoisotopic (exact) mass is 499 g/mol. The van der Waals surface area contributed by atoms with Crippen molar-refractivity contribution in [2.24, 2.45) is 0 Å². The van der Waals surface area contributed by atoms with Crippen molar-refractivity contribution in [2.45, 2.75) is 38.2 Å². The van der Waals surface area contributed by atoms with Gasteiger partial charge in [0.1, 0.15) is 23.4 Å². The highest BCUT2D eigenvalue weighted by Gasteiger charge is 2.28. The van der Waals surface area contributed by atoms with Crippen LogP contribution in [0.15, 0.2) is 84.9 Å². The first-order chi connectivity index (χ1) is 18.0. The minimum atomic E-state index is -1.08. The first kappa shape index (κ1) is 24.6. The van der Waals surface area contributed by atoms with Crippen LogP contribution in [0.5, 0.6) is 11.5 Å². The Balaban J connectivity index is 1.31. The lowest BCUT2D eigenvalue weighted by Gasteiger charge is -2.36. The Morgan fingerprint density at radius 3 is 2.70 bits per heavy atom. The minimum absolute atomic E-state index is 0.113. The highest BCUT2D eigenvalue weighted by Crippen LogP contribution is 2.41. The first-order valence-corrected chi connectivity index (χ1v) is 12.6. The summed E-state index contributed by atoms with van der Waals surface area (Å²) in [7, 11) is 0. The van der Waals surface area contributed by atoms with Crippen LogP contribution in [0, 0.1) is 5.82 Å². The summed E-state index contributed by atoms with van der Waals surface area (Å²) in [6.07, 6.45) is 2.70. The van der Waals surface area contributed by atoms with E-state index in [4.69, 9.17) is 14.6 Å². The number of para-hydroxylation sites is 2. The number of hydrogen-bond donors (Lipinski definition) is 1. The molecule has 6 heteroatoms. The number of carboxylic acids is 1. The van der Waals surface area contributed by atoms with E-state index in [1.54, 1.807) is 6.07 Å². The third kappa shape index (κ3) is 5.53. The molecule has 0 saturated heterocycles. The topological polar surface area (TPSA) is 59.0 Å². The number of carbonyl (C=O) groups is 1. The van der Waals surface area contributed by atoms with E-state index < -0.39 is 18.4 Å². The third-order valence-electron chi connectivity index (χ3n) is 6.92. The zero-order valence-corrected chi connectivity index (χ0v) is 20.8. The number of ether oxygens (including phenoxy) is 2. The summed E-state index contributed by atoms with van der Waals surface area (Å²) in [6, 6.07) is 26.9. The predicted octanol–water partition coefficient (Wildman–Crippen LogP) is 7.32. The SMILES string of the molecule is C[C@@H](CCCC1CN(c2cc(OCC(=O)O)ccc2F)c2ccccc2O1)c1cccc2ccccc12. The van der Waals surface area contributed by atoms with Crippen LogP contribution in [-0.2, 0) is 4.79 Å². The van der Waals surface area contributed by atoms with E-state index in [9.17, 15) is 9.18 Å². The molecule has 1 unspecified atom stereocenters. The van der Waals surface area contributed by atoms with Crippen LogP contribution < -0.4 is 14.4 Å². The number of benzene rings is 4. The molecule has 37 heavy (non-hydrogen) atoms. The molecule has 0 aliphatic carbocycles. The van der Waals surface area contributed by atoms with Gasteiger partial charge in [-0.3, -0.25) is 0 Å². The Kier molecular flexibility index (Phi) is 7.26. The van der Waals surface area contributed by atoms with Crippen LogP contribution >= 0.6 is 0 Å². The molecule has 0 fully saturated rings. The second-order valence-corrected chi connectivity index (χ2v) is 9.51. The fourth-order valence-corrected chi connectivity index (χ4v) is 5.10. The number of aliphatic carboxylic acids is 1. The molecule has 1 aliphatic heterocycles. The smallest absolute Gasteiger partial charge is 0.341 e. The zero-order valence-electron chi connectivity index (χ0n) is 20.8. The van der Waals surface area contributed by atoms with Gasteiger partial charge < -0.3 is 19.5 Å². The number of carboxylic acid groups (broad SMARTS) is 1. The molecule has 0 saturated carbocycles. The second kappa shape index (κ2) is 10.9. The average molecular weight is 500 g/mol. The predicted molar refractivity (Wildman–Crippen MR) is 144 cm³/mol. The molecule has 0 radical (unpaired) electrons. The van der Waals surface area contributed by atoms with Gasteiger partial charge in [0.15, 0.2) is 6.61 Å². The number of halogens is 1. The summed E-state index contributed by atoms with van der Waals surface area (Å²) >= 11 is 0. The summed E-state index contributed by atoms with van der Waals surface area (Å²) in [5.74, 6) is -0.0676. The van der Waals surface area contributed by atoms with E-state index in [1.165, 1.54) is 28.5 Å². The number of rotatable bonds is 9. The Hall–Kier alpha value is -4.06. The third-order valence-corrected chi connectivity index (χ3v) is 6.92. The van der Waals surface area contributed by atoms with Crippen LogP contribution in [0.3, 0.4) is 0 Å². The maximum absolute atomic E-state index is 15.0. The van der Waals surface area contributed by atoms with Gasteiger partial charge in [-0.05, 0) is 65.8 Å². The van der Waals surface area contributed by atoms with E-state index in [2.05, 4.69) is 49.4 Å². The number of nitrogens with zero attached hydrogens (tertiary/aromatic N) is 1. The molecule has 1 heterocycles. The van der Waals surface area contributed by atoms with Crippen LogP contribution in [0.1, 0.15) is 37.7 Å². The Bertz CT molecular complexity index is 1400. The van der Waals surface area contributed by atoms with Crippen molar-refractivity contribution >= 4 is 28.1 Å². The van der Waals surface area contributed by atoms with Crippen molar-refractivity contribution < 1.29 is 23.8 Å². The first-order valence-electron chi connectivity index (χ1n) is 12.6. The minimum Gasteiger partial charge on any atom is -0.486 e. The number of anilines is 2. The van der Waals surface area contributed by atoms with Gasteiger partial charge in [-0.15, -0.1) is 0 Å². The molecule has 0 spiro atoms. The molecule has 0 aromatic heterocycles. The largest absolute Gasteiger partial charge is 0.486 e. The number of fused-ring (bicyclic) bond motifs is 2. The van der Waals surface area contributed by atoms with Crippen molar-refractivity contribution in [3.8, 4) is 11.5 Å². The van der Waals surface area contributed by atoms with Gasteiger partial charge in [-0.1, -0.05) is 61.5 Å². The lowest BCUT2D eigenvalue weighted by molar-refractivity contribution is -0.139. The van der Waals surface area contributed by atoms with Gasteiger partial charge >= 0.3 is 5.97 Å². The lowest BCUT2D eigenvalue weighted by Crippen LogP contribution is -2.37. The van der Waals surface area contributed by atoms with E-state index in [-0.39, 0.29) is 6.10 Å². The van der Waals surface area contributed by atoms with Gasteiger partial charge in [-0.25, -0.2) is 9.18 Å². The molecule has 1 aliphatic rings. The van der Waals surface area contributed by atoms with E-state index in [1.807, 2.05) is 29.2 Å². The summed E-state index contributed by atoms with van der Waals surface area (Å²) in [5, 5.41) is 11.5. The Morgan fingerprint density at radius 1 is 1.05 bits per heavy atom. The van der Waals surface area contributed by atoms with Gasteiger partial charge in [-0.2, -0.15) is 0 Å². The quantitative estimate of drug-likeness (QED) is 0.262. The summed E-state index contributed by atoms with van der Waals surface area (Å²) in [5.41, 5.74) is 2.47. The molecule has 1 N–H and O–H groups in total. The number of hydrogen-bond acceptors (Lipinski definition) is 4. The van der Waals surface area contributed by atoms with E-state index in [0.29, 0.717) is 29.6 Å². The average Bonchev–Trinajstić information content (AvgIpc) is 2.91. The zero-order chi connectivity index (χ0) is 25.8. The summed E-state index contributed by atoms with van der Waals surface area (Å²) in [6.45, 7) is 2.27. The Labute approximate surface area is 216 Å². The van der Waals surface area contributed by atoms with Crippen molar-refractivity contribution in [1.29, 1.82) is 0 Å². The van der Waals surface area contributed by atoms with Crippen molar-refractivity contribution in [1.82, 2.24) is 0 Å². The fraction of sp³-hybridized carbons (Fsp3) is 0.258. The molecule has 5 rings (SSSR count).